The van der Waals surface area contributed by atoms with Gasteiger partial charge < -0.3 is 9.73 Å². The van der Waals surface area contributed by atoms with E-state index in [-0.39, 0.29) is 18.4 Å². The second-order valence-electron chi connectivity index (χ2n) is 6.47. The van der Waals surface area contributed by atoms with E-state index in [1.165, 1.54) is 6.26 Å². The first-order valence-corrected chi connectivity index (χ1v) is 8.26. The maximum atomic E-state index is 12.7. The first-order chi connectivity index (χ1) is 12.0. The molecule has 25 heavy (non-hydrogen) atoms. The minimum Gasteiger partial charge on any atom is -0.467 e. The molecule has 0 aliphatic carbocycles. The van der Waals surface area contributed by atoms with Crippen LogP contribution >= 0.6 is 0 Å². The Hall–Kier alpha value is -2.89. The third-order valence-corrected chi connectivity index (χ3v) is 4.15. The van der Waals surface area contributed by atoms with Crippen molar-refractivity contribution in [2.75, 3.05) is 0 Å². The second-order valence-corrected chi connectivity index (χ2v) is 6.47. The van der Waals surface area contributed by atoms with Crippen molar-refractivity contribution in [2.45, 2.75) is 32.9 Å². The molecule has 0 fully saturated rings. The highest BCUT2D eigenvalue weighted by Gasteiger charge is 2.42. The van der Waals surface area contributed by atoms with Gasteiger partial charge in [-0.15, -0.1) is 0 Å². The number of hydrogen-bond donors (Lipinski definition) is 1. The van der Waals surface area contributed by atoms with Crippen LogP contribution in [0.1, 0.15) is 46.7 Å². The predicted molar refractivity (Wildman–Crippen MR) is 90.7 cm³/mol. The van der Waals surface area contributed by atoms with Gasteiger partial charge in [-0.05, 0) is 36.6 Å². The molecular formula is C19H20N2O4. The molecule has 1 N–H and O–H groups in total. The summed E-state index contributed by atoms with van der Waals surface area (Å²) in [6, 6.07) is 9.29. The first-order valence-electron chi connectivity index (χ1n) is 8.26. The molecule has 3 rings (SSSR count). The van der Waals surface area contributed by atoms with Gasteiger partial charge >= 0.3 is 0 Å². The fraction of sp³-hybridized carbons (Fsp3) is 0.316. The summed E-state index contributed by atoms with van der Waals surface area (Å²) in [5, 5.41) is 2.76. The topological polar surface area (TPSA) is 79.6 Å². The molecule has 0 spiro atoms. The first kappa shape index (κ1) is 17.0. The summed E-state index contributed by atoms with van der Waals surface area (Å²) in [7, 11) is 0. The van der Waals surface area contributed by atoms with Crippen molar-refractivity contribution in [2.24, 2.45) is 5.92 Å². The number of furan rings is 1. The molecule has 1 aliphatic heterocycles. The number of nitrogens with one attached hydrogen (secondary N) is 1. The van der Waals surface area contributed by atoms with Crippen LogP contribution in [-0.2, 0) is 11.3 Å². The lowest BCUT2D eigenvalue weighted by Crippen LogP contribution is -2.50. The summed E-state index contributed by atoms with van der Waals surface area (Å²) in [5.41, 5.74) is 0.695. The number of imide groups is 1. The Morgan fingerprint density at radius 2 is 1.72 bits per heavy atom. The zero-order valence-corrected chi connectivity index (χ0v) is 14.2. The van der Waals surface area contributed by atoms with Gasteiger partial charge in [0.2, 0.25) is 5.91 Å². The minimum atomic E-state index is -0.845. The van der Waals surface area contributed by atoms with Crippen molar-refractivity contribution >= 4 is 17.7 Å². The van der Waals surface area contributed by atoms with Crippen molar-refractivity contribution in [1.82, 2.24) is 10.2 Å². The van der Waals surface area contributed by atoms with Crippen LogP contribution in [0.3, 0.4) is 0 Å². The van der Waals surface area contributed by atoms with Gasteiger partial charge in [-0.2, -0.15) is 0 Å². The molecule has 1 aromatic carbocycles. The standard InChI is InChI=1S/C19H20N2O4/c1-12(2)10-16(17(22)20-11-13-6-5-9-25-13)21-18(23)14-7-3-4-8-15(14)19(21)24/h3-9,12,16H,10-11H2,1-2H3,(H,20,22)/t16-/m1/s1. The molecule has 3 amide bonds. The lowest BCUT2D eigenvalue weighted by Gasteiger charge is -2.26. The molecule has 0 saturated carbocycles. The van der Waals surface area contributed by atoms with Crippen molar-refractivity contribution in [1.29, 1.82) is 0 Å². The fourth-order valence-electron chi connectivity index (χ4n) is 2.97. The van der Waals surface area contributed by atoms with E-state index in [4.69, 9.17) is 4.42 Å². The van der Waals surface area contributed by atoms with Gasteiger partial charge in [0, 0.05) is 0 Å². The molecule has 6 nitrogen and oxygen atoms in total. The zero-order chi connectivity index (χ0) is 18.0. The Balaban J connectivity index is 1.82. The quantitative estimate of drug-likeness (QED) is 0.820. The molecular weight excluding hydrogens is 320 g/mol. The molecule has 2 heterocycles. The largest absolute Gasteiger partial charge is 0.467 e. The van der Waals surface area contributed by atoms with Gasteiger partial charge in [0.1, 0.15) is 11.8 Å². The molecule has 0 unspecified atom stereocenters. The van der Waals surface area contributed by atoms with Crippen LogP contribution in [0.5, 0.6) is 0 Å². The highest BCUT2D eigenvalue weighted by Crippen LogP contribution is 2.27. The van der Waals surface area contributed by atoms with Crippen molar-refractivity contribution in [3.63, 3.8) is 0 Å². The monoisotopic (exact) mass is 340 g/mol. The Kier molecular flexibility index (Phi) is 4.70. The van der Waals surface area contributed by atoms with Crippen molar-refractivity contribution in [3.05, 3.63) is 59.5 Å². The SMILES string of the molecule is CC(C)C[C@H](C(=O)NCc1ccco1)N1C(=O)c2ccccc2C1=O. The molecule has 0 radical (unpaired) electrons. The van der Waals surface area contributed by atoms with Crippen LogP contribution < -0.4 is 5.32 Å². The lowest BCUT2D eigenvalue weighted by molar-refractivity contribution is -0.125. The van der Waals surface area contributed by atoms with E-state index >= 15 is 0 Å². The van der Waals surface area contributed by atoms with E-state index in [0.29, 0.717) is 23.3 Å². The van der Waals surface area contributed by atoms with Crippen LogP contribution in [-0.4, -0.2) is 28.7 Å². The molecule has 2 aromatic rings. The number of carbonyl (C=O) groups is 3. The Labute approximate surface area is 145 Å². The highest BCUT2D eigenvalue weighted by molar-refractivity contribution is 6.22. The Morgan fingerprint density at radius 1 is 1.08 bits per heavy atom. The van der Waals surface area contributed by atoms with E-state index in [1.807, 2.05) is 13.8 Å². The minimum absolute atomic E-state index is 0.142. The third-order valence-electron chi connectivity index (χ3n) is 4.15. The molecule has 0 bridgehead atoms. The summed E-state index contributed by atoms with van der Waals surface area (Å²) < 4.78 is 5.20. The molecule has 1 atom stereocenters. The van der Waals surface area contributed by atoms with Crippen LogP contribution in [0.25, 0.3) is 0 Å². The van der Waals surface area contributed by atoms with Gasteiger partial charge in [0.05, 0.1) is 23.9 Å². The van der Waals surface area contributed by atoms with Gasteiger partial charge in [0.25, 0.3) is 11.8 Å². The summed E-state index contributed by atoms with van der Waals surface area (Å²) in [6.07, 6.45) is 1.92. The maximum Gasteiger partial charge on any atom is 0.262 e. The predicted octanol–water partition coefficient (Wildman–Crippen LogP) is 2.61. The molecule has 6 heteroatoms. The van der Waals surface area contributed by atoms with Gasteiger partial charge in [-0.1, -0.05) is 26.0 Å². The normalized spacial score (nSPS) is 14.8. The van der Waals surface area contributed by atoms with Crippen LogP contribution in [0.2, 0.25) is 0 Å². The summed E-state index contributed by atoms with van der Waals surface area (Å²) in [5.74, 6) is -0.443. The average molecular weight is 340 g/mol. The maximum absolute atomic E-state index is 12.7. The van der Waals surface area contributed by atoms with Gasteiger partial charge in [-0.25, -0.2) is 0 Å². The average Bonchev–Trinajstić information content (AvgIpc) is 3.19. The van der Waals surface area contributed by atoms with Gasteiger partial charge in [0.15, 0.2) is 0 Å². The van der Waals surface area contributed by atoms with E-state index in [9.17, 15) is 14.4 Å². The molecule has 0 saturated heterocycles. The van der Waals surface area contributed by atoms with E-state index in [0.717, 1.165) is 4.90 Å². The number of hydrogen-bond acceptors (Lipinski definition) is 4. The number of benzene rings is 1. The number of carbonyl (C=O) groups excluding carboxylic acids is 3. The van der Waals surface area contributed by atoms with E-state index in [2.05, 4.69) is 5.32 Å². The highest BCUT2D eigenvalue weighted by atomic mass is 16.3. The summed E-state index contributed by atoms with van der Waals surface area (Å²) >= 11 is 0. The molecule has 1 aliphatic rings. The second kappa shape index (κ2) is 6.93. The zero-order valence-electron chi connectivity index (χ0n) is 14.2. The number of fused-ring (bicyclic) bond motifs is 1. The molecule has 1 aromatic heterocycles. The Bertz CT molecular complexity index is 761. The van der Waals surface area contributed by atoms with Crippen LogP contribution in [0, 0.1) is 5.92 Å². The van der Waals surface area contributed by atoms with Crippen molar-refractivity contribution in [3.8, 4) is 0 Å². The summed E-state index contributed by atoms with van der Waals surface area (Å²) in [6.45, 7) is 4.11. The molecule has 130 valence electrons. The fourth-order valence-corrected chi connectivity index (χ4v) is 2.97. The van der Waals surface area contributed by atoms with Crippen molar-refractivity contribution < 1.29 is 18.8 Å². The van der Waals surface area contributed by atoms with Crippen LogP contribution in [0.4, 0.5) is 0 Å². The Morgan fingerprint density at radius 3 is 2.24 bits per heavy atom. The number of rotatable bonds is 6. The number of amides is 3. The van der Waals surface area contributed by atoms with Gasteiger partial charge in [-0.3, -0.25) is 19.3 Å². The van der Waals surface area contributed by atoms with E-state index in [1.54, 1.807) is 36.4 Å². The smallest absolute Gasteiger partial charge is 0.262 e. The van der Waals surface area contributed by atoms with Crippen LogP contribution in [0.15, 0.2) is 47.1 Å². The van der Waals surface area contributed by atoms with E-state index < -0.39 is 17.9 Å². The summed E-state index contributed by atoms with van der Waals surface area (Å²) in [4.78, 5) is 39.1. The third kappa shape index (κ3) is 3.33. The number of nitrogens with zero attached hydrogens (tertiary/aromatic N) is 1. The lowest BCUT2D eigenvalue weighted by atomic mass is 10.0.